The van der Waals surface area contributed by atoms with Crippen LogP contribution in [-0.2, 0) is 4.79 Å². The monoisotopic (exact) mass is 245 g/mol. The van der Waals surface area contributed by atoms with Crippen LogP contribution in [-0.4, -0.2) is 21.2 Å². The molecule has 0 radical (unpaired) electrons. The molecule has 16 heavy (non-hydrogen) atoms. The average molecular weight is 245 g/mol. The summed E-state index contributed by atoms with van der Waals surface area (Å²) in [6.07, 6.45) is 0. The fourth-order valence-electron chi connectivity index (χ4n) is 0.974. The number of hydrogen-bond donors (Lipinski definition) is 1. The van der Waals surface area contributed by atoms with E-state index in [0.717, 1.165) is 30.0 Å². The zero-order valence-corrected chi connectivity index (χ0v) is 9.03. The molecule has 1 aromatic rings. The van der Waals surface area contributed by atoms with Crippen molar-refractivity contribution in [1.29, 1.82) is 0 Å². The van der Waals surface area contributed by atoms with E-state index in [0.29, 0.717) is 0 Å². The Kier molecular flexibility index (Phi) is 3.83. The van der Waals surface area contributed by atoms with Crippen molar-refractivity contribution in [3.63, 3.8) is 0 Å². The zero-order valence-electron chi connectivity index (χ0n) is 8.21. The quantitative estimate of drug-likeness (QED) is 0.500. The molecule has 0 aliphatic carbocycles. The Hall–Kier alpha value is -1.63. The first-order chi connectivity index (χ1) is 7.41. The van der Waals surface area contributed by atoms with Gasteiger partial charge in [0.1, 0.15) is 11.1 Å². The molecule has 0 aliphatic heterocycles. The molecule has 0 aliphatic rings. The first-order valence-corrected chi connectivity index (χ1v) is 5.13. The minimum absolute atomic E-state index is 0.0138. The number of carbonyl (C=O) groups is 1. The molecule has 7 heteroatoms. The summed E-state index contributed by atoms with van der Waals surface area (Å²) in [5, 5.41) is 18.4. The third-order valence-corrected chi connectivity index (χ3v) is 2.91. The van der Waals surface area contributed by atoms with Crippen molar-refractivity contribution >= 4 is 23.4 Å². The van der Waals surface area contributed by atoms with Gasteiger partial charge in [0.05, 0.1) is 9.82 Å². The Morgan fingerprint density at radius 2 is 2.25 bits per heavy atom. The van der Waals surface area contributed by atoms with Crippen molar-refractivity contribution < 1.29 is 19.2 Å². The molecule has 0 heterocycles. The van der Waals surface area contributed by atoms with Crippen molar-refractivity contribution in [2.24, 2.45) is 0 Å². The Morgan fingerprint density at radius 3 is 2.75 bits per heavy atom. The molecule has 0 bridgehead atoms. The number of nitro benzene ring substituents is 1. The standard InChI is InChI=1S/C9H8FNO4S/c1-5(9(12)13)16-8-4-6(10)2-3-7(8)11(14)15/h2-5H,1H3,(H,12,13). The maximum Gasteiger partial charge on any atom is 0.316 e. The lowest BCUT2D eigenvalue weighted by Crippen LogP contribution is -2.11. The molecule has 1 unspecified atom stereocenters. The maximum atomic E-state index is 12.9. The molecule has 1 rings (SSSR count). The first kappa shape index (κ1) is 12.4. The fourth-order valence-corrected chi connectivity index (χ4v) is 1.90. The number of nitrogens with zero attached hydrogens (tertiary/aromatic N) is 1. The zero-order chi connectivity index (χ0) is 12.3. The van der Waals surface area contributed by atoms with E-state index in [1.54, 1.807) is 0 Å². The van der Waals surface area contributed by atoms with Gasteiger partial charge >= 0.3 is 5.97 Å². The van der Waals surface area contributed by atoms with E-state index in [1.807, 2.05) is 0 Å². The summed E-state index contributed by atoms with van der Waals surface area (Å²) < 4.78 is 12.9. The van der Waals surface area contributed by atoms with Crippen molar-refractivity contribution in [2.75, 3.05) is 0 Å². The van der Waals surface area contributed by atoms with Gasteiger partial charge in [-0.1, -0.05) is 0 Å². The first-order valence-electron chi connectivity index (χ1n) is 4.25. The second kappa shape index (κ2) is 4.93. The van der Waals surface area contributed by atoms with Gasteiger partial charge in [-0.3, -0.25) is 14.9 Å². The number of aliphatic carboxylic acids is 1. The van der Waals surface area contributed by atoms with E-state index in [1.165, 1.54) is 6.92 Å². The Bertz CT molecular complexity index is 438. The molecule has 0 fully saturated rings. The van der Waals surface area contributed by atoms with Crippen LogP contribution in [0.4, 0.5) is 10.1 Å². The van der Waals surface area contributed by atoms with E-state index in [-0.39, 0.29) is 10.6 Å². The fraction of sp³-hybridized carbons (Fsp3) is 0.222. The second-order valence-corrected chi connectivity index (χ2v) is 4.35. The van der Waals surface area contributed by atoms with Crippen LogP contribution in [0, 0.1) is 15.9 Å². The number of carboxylic acids is 1. The number of benzene rings is 1. The van der Waals surface area contributed by atoms with Gasteiger partial charge < -0.3 is 5.11 Å². The van der Waals surface area contributed by atoms with E-state index in [9.17, 15) is 19.3 Å². The molecule has 1 atom stereocenters. The van der Waals surface area contributed by atoms with Crippen LogP contribution in [0.15, 0.2) is 23.1 Å². The van der Waals surface area contributed by atoms with Gasteiger partial charge in [-0.15, -0.1) is 11.8 Å². The van der Waals surface area contributed by atoms with Gasteiger partial charge in [0.15, 0.2) is 0 Å². The lowest BCUT2D eigenvalue weighted by Gasteiger charge is -2.06. The number of halogens is 1. The van der Waals surface area contributed by atoms with Crippen molar-refractivity contribution in [3.8, 4) is 0 Å². The maximum absolute atomic E-state index is 12.9. The molecule has 0 saturated heterocycles. The largest absolute Gasteiger partial charge is 0.480 e. The van der Waals surface area contributed by atoms with Crippen LogP contribution in [0.2, 0.25) is 0 Å². The second-order valence-electron chi connectivity index (χ2n) is 2.97. The summed E-state index contributed by atoms with van der Waals surface area (Å²) in [6.45, 7) is 1.38. The minimum atomic E-state index is -1.11. The van der Waals surface area contributed by atoms with Gasteiger partial charge in [-0.05, 0) is 19.1 Å². The van der Waals surface area contributed by atoms with Crippen LogP contribution in [0.1, 0.15) is 6.92 Å². The van der Waals surface area contributed by atoms with E-state index < -0.39 is 22.0 Å². The molecular weight excluding hydrogens is 237 g/mol. The third kappa shape index (κ3) is 2.93. The van der Waals surface area contributed by atoms with Crippen LogP contribution < -0.4 is 0 Å². The molecule has 0 saturated carbocycles. The lowest BCUT2D eigenvalue weighted by molar-refractivity contribution is -0.387. The predicted molar refractivity (Wildman–Crippen MR) is 56.0 cm³/mol. The van der Waals surface area contributed by atoms with Crippen LogP contribution in [0.25, 0.3) is 0 Å². The highest BCUT2D eigenvalue weighted by atomic mass is 32.2. The number of hydrogen-bond acceptors (Lipinski definition) is 4. The number of nitro groups is 1. The highest BCUT2D eigenvalue weighted by molar-refractivity contribution is 8.00. The molecule has 0 aromatic heterocycles. The summed E-state index contributed by atoms with van der Waals surface area (Å²) in [5.41, 5.74) is -0.292. The molecule has 1 aromatic carbocycles. The highest BCUT2D eigenvalue weighted by Crippen LogP contribution is 2.32. The number of rotatable bonds is 4. The SMILES string of the molecule is CC(Sc1cc(F)ccc1[N+](=O)[O-])C(=O)O. The van der Waals surface area contributed by atoms with Crippen molar-refractivity contribution in [1.82, 2.24) is 0 Å². The normalized spacial score (nSPS) is 12.1. The predicted octanol–water partition coefficient (Wildman–Crippen LogP) is 2.30. The van der Waals surface area contributed by atoms with Gasteiger partial charge in [0.25, 0.3) is 5.69 Å². The molecule has 0 amide bonds. The molecule has 1 N–H and O–H groups in total. The van der Waals surface area contributed by atoms with Crippen LogP contribution >= 0.6 is 11.8 Å². The van der Waals surface area contributed by atoms with Crippen LogP contribution in [0.3, 0.4) is 0 Å². The number of thioether (sulfide) groups is 1. The Balaban J connectivity index is 3.05. The number of carboxylic acid groups (broad SMARTS) is 1. The van der Waals surface area contributed by atoms with Crippen molar-refractivity contribution in [2.45, 2.75) is 17.1 Å². The highest BCUT2D eigenvalue weighted by Gasteiger charge is 2.20. The summed E-state index contributed by atoms with van der Waals surface area (Å²) in [4.78, 5) is 20.5. The molecule has 86 valence electrons. The minimum Gasteiger partial charge on any atom is -0.480 e. The molecular formula is C9H8FNO4S. The van der Waals surface area contributed by atoms with Gasteiger partial charge in [0.2, 0.25) is 0 Å². The molecule has 5 nitrogen and oxygen atoms in total. The van der Waals surface area contributed by atoms with E-state index >= 15 is 0 Å². The third-order valence-electron chi connectivity index (χ3n) is 1.77. The lowest BCUT2D eigenvalue weighted by atomic mass is 10.3. The Morgan fingerprint density at radius 1 is 1.62 bits per heavy atom. The Labute approximate surface area is 94.4 Å². The van der Waals surface area contributed by atoms with Gasteiger partial charge in [0, 0.05) is 6.07 Å². The average Bonchev–Trinajstić information content (AvgIpc) is 2.16. The summed E-state index contributed by atoms with van der Waals surface area (Å²) >= 11 is 0.740. The van der Waals surface area contributed by atoms with E-state index in [4.69, 9.17) is 5.11 Å². The van der Waals surface area contributed by atoms with E-state index in [2.05, 4.69) is 0 Å². The summed E-state index contributed by atoms with van der Waals surface area (Å²) in [7, 11) is 0. The smallest absolute Gasteiger partial charge is 0.316 e. The topological polar surface area (TPSA) is 80.4 Å². The summed E-state index contributed by atoms with van der Waals surface area (Å²) in [5.74, 6) is -1.74. The van der Waals surface area contributed by atoms with Gasteiger partial charge in [-0.2, -0.15) is 0 Å². The van der Waals surface area contributed by atoms with Crippen LogP contribution in [0.5, 0.6) is 0 Å². The summed E-state index contributed by atoms with van der Waals surface area (Å²) in [6, 6.07) is 2.95. The van der Waals surface area contributed by atoms with Crippen molar-refractivity contribution in [3.05, 3.63) is 34.1 Å². The molecule has 0 spiro atoms. The van der Waals surface area contributed by atoms with Gasteiger partial charge in [-0.25, -0.2) is 4.39 Å².